The Hall–Kier alpha value is -3.47. The Morgan fingerprint density at radius 1 is 1.22 bits per heavy atom. The van der Waals surface area contributed by atoms with E-state index in [0.29, 0.717) is 12.1 Å². The number of benzene rings is 1. The summed E-state index contributed by atoms with van der Waals surface area (Å²) in [4.78, 5) is 27.9. The van der Waals surface area contributed by atoms with Crippen LogP contribution in [0.15, 0.2) is 42.9 Å². The van der Waals surface area contributed by atoms with Crippen LogP contribution in [0.2, 0.25) is 0 Å². The number of carboxylic acid groups (broad SMARTS) is 1. The normalized spacial score (nSPS) is 19.9. The monoisotopic (exact) mass is 515 g/mol. The minimum Gasteiger partial charge on any atom is -0.481 e. The van der Waals surface area contributed by atoms with Gasteiger partial charge in [0.1, 0.15) is 5.69 Å². The third-order valence-corrected chi connectivity index (χ3v) is 8.02. The number of alkyl halides is 3. The van der Waals surface area contributed by atoms with Crippen LogP contribution in [0.4, 0.5) is 24.8 Å². The van der Waals surface area contributed by atoms with E-state index < -0.39 is 17.8 Å². The number of carboxylic acids is 1. The van der Waals surface area contributed by atoms with E-state index in [1.165, 1.54) is 0 Å². The van der Waals surface area contributed by atoms with Crippen LogP contribution in [0, 0.1) is 11.3 Å². The molecule has 1 aliphatic rings. The standard InChI is InChI=1S/C25H24F3N5O2S/c1-24(2)11-13(3-4-17(24)22(34)35)21-31-12-19(36-21)16-9-14(10-18-15(16)5-7-29-18)32-23-30-8-6-20(33-23)25(26,27)28/h5-10,12-13,17,29H,3-4,11H2,1-2H3,(H,34,35)(H,30,32,33). The van der Waals surface area contributed by atoms with Crippen molar-refractivity contribution in [2.45, 2.75) is 45.2 Å². The first-order valence-corrected chi connectivity index (χ1v) is 12.3. The van der Waals surface area contributed by atoms with Crippen LogP contribution in [0.1, 0.15) is 49.7 Å². The minimum atomic E-state index is -4.56. The summed E-state index contributed by atoms with van der Waals surface area (Å²) in [6.45, 7) is 4.00. The number of aromatic nitrogens is 4. The van der Waals surface area contributed by atoms with Gasteiger partial charge >= 0.3 is 12.1 Å². The zero-order valence-electron chi connectivity index (χ0n) is 19.6. The third kappa shape index (κ3) is 4.67. The maximum atomic E-state index is 13.1. The van der Waals surface area contributed by atoms with Crippen LogP contribution in [-0.2, 0) is 11.0 Å². The fourth-order valence-corrected chi connectivity index (χ4v) is 6.14. The molecule has 4 aromatic rings. The van der Waals surface area contributed by atoms with E-state index in [0.717, 1.165) is 51.5 Å². The second-order valence-electron chi connectivity index (χ2n) is 9.77. The molecule has 3 N–H and O–H groups in total. The van der Waals surface area contributed by atoms with Gasteiger partial charge in [0.15, 0.2) is 0 Å². The average molecular weight is 516 g/mol. The number of aliphatic carboxylic acids is 1. The molecule has 0 spiro atoms. The number of fused-ring (bicyclic) bond motifs is 1. The molecular weight excluding hydrogens is 491 g/mol. The Morgan fingerprint density at radius 2 is 2.03 bits per heavy atom. The molecule has 3 heterocycles. The van der Waals surface area contributed by atoms with Gasteiger partial charge in [-0.25, -0.2) is 15.0 Å². The van der Waals surface area contributed by atoms with Gasteiger partial charge in [-0.3, -0.25) is 4.79 Å². The van der Waals surface area contributed by atoms with Crippen molar-refractivity contribution in [1.82, 2.24) is 19.9 Å². The molecular formula is C25H24F3N5O2S. The molecule has 188 valence electrons. The largest absolute Gasteiger partial charge is 0.481 e. The summed E-state index contributed by atoms with van der Waals surface area (Å²) in [5.74, 6) is -1.09. The van der Waals surface area contributed by atoms with Gasteiger partial charge in [0.25, 0.3) is 0 Å². The van der Waals surface area contributed by atoms with Crippen molar-refractivity contribution in [3.63, 3.8) is 0 Å². The lowest BCUT2D eigenvalue weighted by atomic mass is 9.65. The van der Waals surface area contributed by atoms with E-state index in [1.54, 1.807) is 23.6 Å². The highest BCUT2D eigenvalue weighted by Crippen LogP contribution is 2.49. The van der Waals surface area contributed by atoms with E-state index in [9.17, 15) is 23.1 Å². The number of rotatable bonds is 5. The van der Waals surface area contributed by atoms with Gasteiger partial charge in [0, 0.05) is 46.7 Å². The van der Waals surface area contributed by atoms with Gasteiger partial charge < -0.3 is 15.4 Å². The minimum absolute atomic E-state index is 0.149. The Kier molecular flexibility index (Phi) is 5.98. The van der Waals surface area contributed by atoms with Gasteiger partial charge in [-0.05, 0) is 48.9 Å². The van der Waals surface area contributed by atoms with Crippen LogP contribution < -0.4 is 5.32 Å². The second kappa shape index (κ2) is 8.88. The summed E-state index contributed by atoms with van der Waals surface area (Å²) in [5, 5.41) is 14.4. The first-order chi connectivity index (χ1) is 17.0. The Balaban J connectivity index is 1.45. The van der Waals surface area contributed by atoms with E-state index >= 15 is 0 Å². The first-order valence-electron chi connectivity index (χ1n) is 11.5. The lowest BCUT2D eigenvalue weighted by Crippen LogP contribution is -2.36. The number of aromatic amines is 1. The van der Waals surface area contributed by atoms with E-state index in [1.807, 2.05) is 32.2 Å². The molecule has 0 bridgehead atoms. The summed E-state index contributed by atoms with van der Waals surface area (Å²) in [6, 6.07) is 6.41. The van der Waals surface area contributed by atoms with Gasteiger partial charge in [-0.1, -0.05) is 13.8 Å². The molecule has 2 atom stereocenters. The topological polar surface area (TPSA) is 104 Å². The van der Waals surface area contributed by atoms with Gasteiger partial charge in [-0.2, -0.15) is 13.2 Å². The summed E-state index contributed by atoms with van der Waals surface area (Å²) in [7, 11) is 0. The number of hydrogen-bond donors (Lipinski definition) is 3. The third-order valence-electron chi connectivity index (χ3n) is 6.83. The molecule has 2 unspecified atom stereocenters. The number of carbonyl (C=O) groups is 1. The SMILES string of the molecule is CC1(C)CC(c2ncc(-c3cc(Nc4nccc(C(F)(F)F)n4)cc4[nH]ccc34)s2)CCC1C(=O)O. The van der Waals surface area contributed by atoms with E-state index in [2.05, 4.69) is 25.3 Å². The average Bonchev–Trinajstić information content (AvgIpc) is 3.47. The summed E-state index contributed by atoms with van der Waals surface area (Å²) in [6.07, 6.45) is 2.24. The van der Waals surface area contributed by atoms with Crippen LogP contribution in [0.25, 0.3) is 21.3 Å². The number of nitrogens with zero attached hydrogens (tertiary/aromatic N) is 3. The quantitative estimate of drug-likeness (QED) is 0.269. The molecule has 0 radical (unpaired) electrons. The highest BCUT2D eigenvalue weighted by Gasteiger charge is 2.42. The van der Waals surface area contributed by atoms with Crippen LogP contribution in [0.3, 0.4) is 0 Å². The zero-order valence-corrected chi connectivity index (χ0v) is 20.4. The predicted octanol–water partition coefficient (Wildman–Crippen LogP) is 6.84. The fourth-order valence-electron chi connectivity index (χ4n) is 5.06. The second-order valence-corrected chi connectivity index (χ2v) is 10.8. The van der Waals surface area contributed by atoms with Crippen molar-refractivity contribution in [3.05, 3.63) is 53.6 Å². The number of anilines is 2. The van der Waals surface area contributed by atoms with Gasteiger partial charge in [0.05, 0.1) is 15.8 Å². The smallest absolute Gasteiger partial charge is 0.433 e. The summed E-state index contributed by atoms with van der Waals surface area (Å²) in [5.41, 5.74) is 0.875. The molecule has 5 rings (SSSR count). The zero-order chi connectivity index (χ0) is 25.7. The molecule has 0 aliphatic heterocycles. The molecule has 0 amide bonds. The highest BCUT2D eigenvalue weighted by atomic mass is 32.1. The predicted molar refractivity (Wildman–Crippen MR) is 131 cm³/mol. The van der Waals surface area contributed by atoms with E-state index in [4.69, 9.17) is 0 Å². The molecule has 36 heavy (non-hydrogen) atoms. The maximum absolute atomic E-state index is 13.1. The van der Waals surface area contributed by atoms with Gasteiger partial charge in [0.2, 0.25) is 5.95 Å². The van der Waals surface area contributed by atoms with Crippen molar-refractivity contribution in [2.24, 2.45) is 11.3 Å². The number of halogens is 3. The van der Waals surface area contributed by atoms with Crippen molar-refractivity contribution in [3.8, 4) is 10.4 Å². The Bertz CT molecular complexity index is 1430. The lowest BCUT2D eigenvalue weighted by Gasteiger charge is -2.39. The van der Waals surface area contributed by atoms with Crippen molar-refractivity contribution in [2.75, 3.05) is 5.32 Å². The molecule has 0 saturated heterocycles. The van der Waals surface area contributed by atoms with Crippen molar-refractivity contribution >= 4 is 39.8 Å². The molecule has 7 nitrogen and oxygen atoms in total. The summed E-state index contributed by atoms with van der Waals surface area (Å²) >= 11 is 1.56. The maximum Gasteiger partial charge on any atom is 0.433 e. The molecule has 11 heteroatoms. The van der Waals surface area contributed by atoms with Crippen molar-refractivity contribution < 1.29 is 23.1 Å². The number of H-pyrrole nitrogens is 1. The molecule has 1 aromatic carbocycles. The lowest BCUT2D eigenvalue weighted by molar-refractivity contribution is -0.148. The van der Waals surface area contributed by atoms with Crippen LogP contribution >= 0.6 is 11.3 Å². The Labute approximate surface area is 208 Å². The molecule has 3 aromatic heterocycles. The van der Waals surface area contributed by atoms with Gasteiger partial charge in [-0.15, -0.1) is 11.3 Å². The van der Waals surface area contributed by atoms with Crippen LogP contribution in [-0.4, -0.2) is 31.0 Å². The first kappa shape index (κ1) is 24.2. The number of hydrogen-bond acceptors (Lipinski definition) is 6. The molecule has 1 saturated carbocycles. The highest BCUT2D eigenvalue weighted by molar-refractivity contribution is 7.15. The Morgan fingerprint density at radius 3 is 2.75 bits per heavy atom. The molecule has 1 aliphatic carbocycles. The van der Waals surface area contributed by atoms with E-state index in [-0.39, 0.29) is 23.2 Å². The number of nitrogens with one attached hydrogen (secondary N) is 2. The van der Waals surface area contributed by atoms with Crippen LogP contribution in [0.5, 0.6) is 0 Å². The number of thiazole rings is 1. The fraction of sp³-hybridized carbons (Fsp3) is 0.360. The van der Waals surface area contributed by atoms with Crippen molar-refractivity contribution in [1.29, 1.82) is 0 Å². The molecule has 1 fully saturated rings. The summed E-state index contributed by atoms with van der Waals surface area (Å²) < 4.78 is 39.2.